The van der Waals surface area contributed by atoms with Gasteiger partial charge in [-0.2, -0.15) is 0 Å². The van der Waals surface area contributed by atoms with Gasteiger partial charge in [0.05, 0.1) is 6.20 Å². The van der Waals surface area contributed by atoms with Crippen LogP contribution in [-0.2, 0) is 5.75 Å². The van der Waals surface area contributed by atoms with Gasteiger partial charge < -0.3 is 4.42 Å². The molecule has 1 aromatic heterocycles. The highest BCUT2D eigenvalue weighted by Gasteiger charge is 2.08. The lowest BCUT2D eigenvalue weighted by Crippen LogP contribution is -1.83. The molecule has 0 amide bonds. The maximum atomic E-state index is 5.39. The lowest BCUT2D eigenvalue weighted by Gasteiger charge is -2.06. The minimum Gasteiger partial charge on any atom is -0.443 e. The number of nitrogens with zero attached hydrogens (tertiary/aromatic N) is 1. The molecule has 0 aliphatic rings. The number of hydrogen-bond donors (Lipinski definition) is 0. The fourth-order valence-corrected chi connectivity index (χ4v) is 2.89. The van der Waals surface area contributed by atoms with Gasteiger partial charge in [0.2, 0.25) is 0 Å². The molecule has 0 unspecified atom stereocenters. The standard InChI is InChI=1S/C16H13NOS/c1-2-6-13(7-3-1)11-19-16-9-5-4-8-14(16)15-10-17-12-18-15/h1-10,12H,11H2. The van der Waals surface area contributed by atoms with Gasteiger partial charge in [0, 0.05) is 16.2 Å². The van der Waals surface area contributed by atoms with Crippen molar-refractivity contribution in [2.75, 3.05) is 0 Å². The molecule has 0 spiro atoms. The number of rotatable bonds is 4. The fraction of sp³-hybridized carbons (Fsp3) is 0.0625. The van der Waals surface area contributed by atoms with Crippen molar-refractivity contribution in [2.45, 2.75) is 10.6 Å². The van der Waals surface area contributed by atoms with Crippen LogP contribution in [0.25, 0.3) is 11.3 Å². The van der Waals surface area contributed by atoms with Gasteiger partial charge in [-0.05, 0) is 11.6 Å². The van der Waals surface area contributed by atoms with Crippen LogP contribution in [-0.4, -0.2) is 4.98 Å². The van der Waals surface area contributed by atoms with E-state index in [0.717, 1.165) is 17.1 Å². The quantitative estimate of drug-likeness (QED) is 0.644. The number of benzene rings is 2. The van der Waals surface area contributed by atoms with Gasteiger partial charge in [-0.3, -0.25) is 0 Å². The normalized spacial score (nSPS) is 10.5. The highest BCUT2D eigenvalue weighted by Crippen LogP contribution is 2.32. The van der Waals surface area contributed by atoms with Gasteiger partial charge in [-0.1, -0.05) is 48.5 Å². The Morgan fingerprint density at radius 3 is 2.53 bits per heavy atom. The Morgan fingerprint density at radius 2 is 1.74 bits per heavy atom. The van der Waals surface area contributed by atoms with Crippen LogP contribution < -0.4 is 0 Å². The summed E-state index contributed by atoms with van der Waals surface area (Å²) < 4.78 is 5.39. The summed E-state index contributed by atoms with van der Waals surface area (Å²) in [4.78, 5) is 5.19. The molecule has 0 fully saturated rings. The van der Waals surface area contributed by atoms with Gasteiger partial charge in [0.25, 0.3) is 0 Å². The van der Waals surface area contributed by atoms with Crippen molar-refractivity contribution >= 4 is 11.8 Å². The van der Waals surface area contributed by atoms with Gasteiger partial charge >= 0.3 is 0 Å². The Bertz CT molecular complexity index is 635. The van der Waals surface area contributed by atoms with Crippen molar-refractivity contribution in [1.29, 1.82) is 0 Å². The third-order valence-corrected chi connectivity index (χ3v) is 3.97. The van der Waals surface area contributed by atoms with Crippen molar-refractivity contribution in [3.8, 4) is 11.3 Å². The first kappa shape index (κ1) is 12.1. The molecule has 0 radical (unpaired) electrons. The van der Waals surface area contributed by atoms with Crippen molar-refractivity contribution in [2.24, 2.45) is 0 Å². The molecular weight excluding hydrogens is 254 g/mol. The molecule has 3 heteroatoms. The monoisotopic (exact) mass is 267 g/mol. The van der Waals surface area contributed by atoms with Crippen LogP contribution in [0.5, 0.6) is 0 Å². The second-order valence-corrected chi connectivity index (χ2v) is 5.15. The Balaban J connectivity index is 1.82. The number of aromatic nitrogens is 1. The second-order valence-electron chi connectivity index (χ2n) is 4.14. The zero-order valence-electron chi connectivity index (χ0n) is 10.3. The third kappa shape index (κ3) is 2.88. The molecule has 0 saturated heterocycles. The minimum atomic E-state index is 0.816. The van der Waals surface area contributed by atoms with E-state index in [2.05, 4.69) is 41.4 Å². The smallest absolute Gasteiger partial charge is 0.181 e. The van der Waals surface area contributed by atoms with E-state index in [9.17, 15) is 0 Å². The molecule has 0 aliphatic carbocycles. The summed E-state index contributed by atoms with van der Waals surface area (Å²) in [6, 6.07) is 18.7. The highest BCUT2D eigenvalue weighted by atomic mass is 32.2. The largest absolute Gasteiger partial charge is 0.443 e. The molecule has 94 valence electrons. The van der Waals surface area contributed by atoms with Crippen molar-refractivity contribution in [1.82, 2.24) is 4.98 Å². The van der Waals surface area contributed by atoms with Gasteiger partial charge in [0.15, 0.2) is 12.2 Å². The first-order valence-electron chi connectivity index (χ1n) is 6.08. The van der Waals surface area contributed by atoms with Crippen LogP contribution in [0.2, 0.25) is 0 Å². The average Bonchev–Trinajstić information content (AvgIpc) is 3.01. The Labute approximate surface area is 116 Å². The zero-order chi connectivity index (χ0) is 12.9. The first-order valence-corrected chi connectivity index (χ1v) is 7.06. The van der Waals surface area contributed by atoms with Crippen molar-refractivity contribution < 1.29 is 4.42 Å². The Kier molecular flexibility index (Phi) is 3.65. The first-order chi connectivity index (χ1) is 9.43. The van der Waals surface area contributed by atoms with Crippen LogP contribution >= 0.6 is 11.8 Å². The maximum Gasteiger partial charge on any atom is 0.181 e. The van der Waals surface area contributed by atoms with E-state index in [1.807, 2.05) is 30.0 Å². The van der Waals surface area contributed by atoms with E-state index in [0.29, 0.717) is 0 Å². The fourth-order valence-electron chi connectivity index (χ4n) is 1.88. The van der Waals surface area contributed by atoms with Crippen LogP contribution in [0.4, 0.5) is 0 Å². The molecule has 1 heterocycles. The molecule has 0 N–H and O–H groups in total. The zero-order valence-corrected chi connectivity index (χ0v) is 11.1. The SMILES string of the molecule is c1ccc(CSc2ccccc2-c2cnco2)cc1. The van der Waals surface area contributed by atoms with Crippen LogP contribution in [0.3, 0.4) is 0 Å². The van der Waals surface area contributed by atoms with E-state index in [1.54, 1.807) is 6.20 Å². The maximum absolute atomic E-state index is 5.39. The van der Waals surface area contributed by atoms with Crippen molar-refractivity contribution in [3.05, 3.63) is 72.8 Å². The molecule has 0 saturated carbocycles. The Morgan fingerprint density at radius 1 is 0.947 bits per heavy atom. The second kappa shape index (κ2) is 5.76. The molecule has 2 nitrogen and oxygen atoms in total. The van der Waals surface area contributed by atoms with E-state index in [4.69, 9.17) is 4.42 Å². The lowest BCUT2D eigenvalue weighted by molar-refractivity contribution is 0.571. The van der Waals surface area contributed by atoms with Crippen LogP contribution in [0.15, 0.2) is 76.5 Å². The number of oxazole rings is 1. The van der Waals surface area contributed by atoms with Crippen molar-refractivity contribution in [3.63, 3.8) is 0 Å². The van der Waals surface area contributed by atoms with Crippen LogP contribution in [0.1, 0.15) is 5.56 Å². The van der Waals surface area contributed by atoms with E-state index in [1.165, 1.54) is 16.9 Å². The molecule has 0 aliphatic heterocycles. The highest BCUT2D eigenvalue weighted by molar-refractivity contribution is 7.98. The summed E-state index contributed by atoms with van der Waals surface area (Å²) in [5, 5.41) is 0. The number of thioether (sulfide) groups is 1. The topological polar surface area (TPSA) is 26.0 Å². The summed E-state index contributed by atoms with van der Waals surface area (Å²) in [5.41, 5.74) is 2.42. The molecule has 19 heavy (non-hydrogen) atoms. The summed E-state index contributed by atoms with van der Waals surface area (Å²) in [5.74, 6) is 1.77. The molecule has 2 aromatic carbocycles. The van der Waals surface area contributed by atoms with Gasteiger partial charge in [-0.15, -0.1) is 11.8 Å². The predicted octanol–water partition coefficient (Wildman–Crippen LogP) is 4.63. The number of hydrogen-bond acceptors (Lipinski definition) is 3. The van der Waals surface area contributed by atoms with E-state index >= 15 is 0 Å². The van der Waals surface area contributed by atoms with Gasteiger partial charge in [-0.25, -0.2) is 4.98 Å². The predicted molar refractivity (Wildman–Crippen MR) is 77.9 cm³/mol. The summed E-state index contributed by atoms with van der Waals surface area (Å²) in [7, 11) is 0. The van der Waals surface area contributed by atoms with Gasteiger partial charge in [0.1, 0.15) is 0 Å². The van der Waals surface area contributed by atoms with E-state index < -0.39 is 0 Å². The van der Waals surface area contributed by atoms with Crippen LogP contribution in [0, 0.1) is 0 Å². The summed E-state index contributed by atoms with van der Waals surface area (Å²) >= 11 is 1.81. The third-order valence-electron chi connectivity index (χ3n) is 2.82. The Hall–Kier alpha value is -2.00. The summed E-state index contributed by atoms with van der Waals surface area (Å²) in [6.07, 6.45) is 3.22. The summed E-state index contributed by atoms with van der Waals surface area (Å²) in [6.45, 7) is 0. The molecule has 0 bridgehead atoms. The molecule has 0 atom stereocenters. The molecular formula is C16H13NOS. The van der Waals surface area contributed by atoms with E-state index in [-0.39, 0.29) is 0 Å². The molecule has 3 rings (SSSR count). The molecule has 3 aromatic rings. The minimum absolute atomic E-state index is 0.816. The lowest BCUT2D eigenvalue weighted by atomic mass is 10.2. The average molecular weight is 267 g/mol.